The molecule has 0 bridgehead atoms. The molecule has 10 heteroatoms. The summed E-state index contributed by atoms with van der Waals surface area (Å²) in [6.45, 7) is 2.08. The Kier molecular flexibility index (Phi) is 6.45. The van der Waals surface area contributed by atoms with Gasteiger partial charge in [-0.2, -0.15) is 9.49 Å². The summed E-state index contributed by atoms with van der Waals surface area (Å²) in [6.07, 6.45) is 1.48. The molecule has 1 unspecified atom stereocenters. The third kappa shape index (κ3) is 5.24. The van der Waals surface area contributed by atoms with E-state index in [9.17, 15) is 18.4 Å². The summed E-state index contributed by atoms with van der Waals surface area (Å²) in [5, 5.41) is 17.9. The van der Waals surface area contributed by atoms with Gasteiger partial charge in [0.2, 0.25) is 11.7 Å². The molecule has 0 aliphatic carbocycles. The van der Waals surface area contributed by atoms with Crippen molar-refractivity contribution in [3.63, 3.8) is 0 Å². The van der Waals surface area contributed by atoms with Gasteiger partial charge < -0.3 is 15.2 Å². The Morgan fingerprint density at radius 1 is 1.48 bits per heavy atom. The fourth-order valence-electron chi connectivity index (χ4n) is 1.87. The van der Waals surface area contributed by atoms with Crippen molar-refractivity contribution in [2.45, 2.75) is 25.0 Å². The van der Waals surface area contributed by atoms with Gasteiger partial charge in [0.25, 0.3) is 0 Å². The molecule has 1 aromatic rings. The van der Waals surface area contributed by atoms with Crippen molar-refractivity contribution >= 4 is 35.0 Å². The van der Waals surface area contributed by atoms with Gasteiger partial charge in [-0.1, -0.05) is 18.7 Å². The largest absolute Gasteiger partial charge is 0.490 e. The molecule has 0 spiro atoms. The zero-order valence-corrected chi connectivity index (χ0v) is 14.0. The molecule has 0 aromatic heterocycles. The molecule has 134 valence electrons. The molecule has 2 rings (SSSR count). The summed E-state index contributed by atoms with van der Waals surface area (Å²) in [5.74, 6) is -3.94. The number of benzene rings is 1. The molecular weight excluding hydrogens is 356 g/mol. The average molecular weight is 371 g/mol. The van der Waals surface area contributed by atoms with Crippen LogP contribution in [0.5, 0.6) is 5.75 Å². The minimum absolute atomic E-state index is 0.137. The number of aliphatic carboxylic acids is 1. The molecule has 1 aliphatic rings. The molecule has 0 radical (unpaired) electrons. The summed E-state index contributed by atoms with van der Waals surface area (Å²) in [6, 6.07) is 2.22. The molecule has 1 fully saturated rings. The minimum Gasteiger partial charge on any atom is -0.490 e. The Labute approximate surface area is 146 Å². The summed E-state index contributed by atoms with van der Waals surface area (Å²) in [4.78, 5) is 22.2. The van der Waals surface area contributed by atoms with Gasteiger partial charge in [0.05, 0.1) is 19.2 Å². The zero-order chi connectivity index (χ0) is 18.4. The molecule has 25 heavy (non-hydrogen) atoms. The van der Waals surface area contributed by atoms with Crippen LogP contribution in [0.2, 0.25) is 0 Å². The lowest BCUT2D eigenvalue weighted by Gasteiger charge is -2.07. The van der Waals surface area contributed by atoms with Crippen LogP contribution in [0.3, 0.4) is 0 Å². The average Bonchev–Trinajstić information content (AvgIpc) is 2.88. The Hall–Kier alpha value is -2.49. The van der Waals surface area contributed by atoms with Crippen LogP contribution in [0.4, 0.5) is 8.78 Å². The van der Waals surface area contributed by atoms with Crippen LogP contribution in [-0.4, -0.2) is 40.2 Å². The van der Waals surface area contributed by atoms with E-state index in [4.69, 9.17) is 9.84 Å². The van der Waals surface area contributed by atoms with Crippen molar-refractivity contribution in [3.8, 4) is 5.75 Å². The van der Waals surface area contributed by atoms with E-state index in [1.54, 1.807) is 0 Å². The van der Waals surface area contributed by atoms with Crippen LogP contribution in [-0.2, 0) is 9.59 Å². The van der Waals surface area contributed by atoms with E-state index < -0.39 is 28.8 Å². The fraction of sp³-hybridized carbons (Fsp3) is 0.333. The molecule has 1 amide bonds. The first-order valence-electron chi connectivity index (χ1n) is 7.33. The van der Waals surface area contributed by atoms with Gasteiger partial charge in [-0.25, -0.2) is 4.39 Å². The molecule has 1 aromatic carbocycles. The van der Waals surface area contributed by atoms with Gasteiger partial charge in [0.1, 0.15) is 5.25 Å². The summed E-state index contributed by atoms with van der Waals surface area (Å²) >= 11 is 0.938. The number of carboxylic acid groups (broad SMARTS) is 1. The highest BCUT2D eigenvalue weighted by Crippen LogP contribution is 2.23. The van der Waals surface area contributed by atoms with Crippen LogP contribution < -0.4 is 10.1 Å². The predicted octanol–water partition coefficient (Wildman–Crippen LogP) is 2.15. The van der Waals surface area contributed by atoms with Crippen LogP contribution in [0, 0.1) is 11.6 Å². The van der Waals surface area contributed by atoms with Crippen LogP contribution in [0.25, 0.3) is 0 Å². The summed E-state index contributed by atoms with van der Waals surface area (Å²) in [5.41, 5.74) is 0.228. The molecule has 1 aliphatic heterocycles. The van der Waals surface area contributed by atoms with Gasteiger partial charge in [-0.15, -0.1) is 5.10 Å². The minimum atomic E-state index is -1.10. The zero-order valence-electron chi connectivity index (χ0n) is 13.2. The standard InChI is InChI=1S/C15H15F2N3O4S/c1-2-3-24-10-5-8(4-9(16)13(10)17)7-18-20-15-19-14(23)11(25-15)6-12(21)22/h4-5,7,11H,2-3,6H2,1H3,(H,21,22)(H,19,20,23). The number of thioether (sulfide) groups is 1. The first-order chi connectivity index (χ1) is 11.9. The Morgan fingerprint density at radius 2 is 2.24 bits per heavy atom. The number of hydrogen-bond donors (Lipinski definition) is 2. The summed E-state index contributed by atoms with van der Waals surface area (Å²) < 4.78 is 32.3. The van der Waals surface area contributed by atoms with Crippen molar-refractivity contribution in [2.75, 3.05) is 6.61 Å². The first kappa shape index (κ1) is 18.8. The normalized spacial score (nSPS) is 18.8. The Balaban J connectivity index is 2.08. The quantitative estimate of drug-likeness (QED) is 0.565. The second-order valence-electron chi connectivity index (χ2n) is 5.01. The van der Waals surface area contributed by atoms with E-state index in [2.05, 4.69) is 15.5 Å². The van der Waals surface area contributed by atoms with Gasteiger partial charge >= 0.3 is 5.97 Å². The number of rotatable bonds is 7. The fourth-order valence-corrected chi connectivity index (χ4v) is 2.78. The highest BCUT2D eigenvalue weighted by molar-refractivity contribution is 8.15. The number of nitrogens with zero attached hydrogens (tertiary/aromatic N) is 2. The number of hydrogen-bond acceptors (Lipinski definition) is 6. The third-order valence-electron chi connectivity index (χ3n) is 2.97. The maximum atomic E-state index is 13.6. The lowest BCUT2D eigenvalue weighted by atomic mass is 10.2. The lowest BCUT2D eigenvalue weighted by Crippen LogP contribution is -2.26. The smallest absolute Gasteiger partial charge is 0.305 e. The predicted molar refractivity (Wildman–Crippen MR) is 88.9 cm³/mol. The van der Waals surface area contributed by atoms with Crippen molar-refractivity contribution in [2.24, 2.45) is 10.2 Å². The number of amides is 1. The van der Waals surface area contributed by atoms with Crippen molar-refractivity contribution in [1.82, 2.24) is 5.32 Å². The number of carbonyl (C=O) groups excluding carboxylic acids is 1. The molecule has 1 atom stereocenters. The monoisotopic (exact) mass is 371 g/mol. The van der Waals surface area contributed by atoms with Gasteiger partial charge in [-0.05, 0) is 18.6 Å². The van der Waals surface area contributed by atoms with Gasteiger partial charge in [0.15, 0.2) is 16.7 Å². The number of nitrogens with one attached hydrogen (secondary N) is 1. The number of carboxylic acids is 1. The van der Waals surface area contributed by atoms with E-state index in [0.717, 1.165) is 17.8 Å². The molecule has 1 heterocycles. The molecule has 7 nitrogen and oxygen atoms in total. The highest BCUT2D eigenvalue weighted by Gasteiger charge is 2.32. The second-order valence-corrected chi connectivity index (χ2v) is 6.20. The lowest BCUT2D eigenvalue weighted by molar-refractivity contribution is -0.138. The van der Waals surface area contributed by atoms with E-state index in [1.165, 1.54) is 12.3 Å². The molecule has 0 saturated carbocycles. The van der Waals surface area contributed by atoms with Crippen LogP contribution >= 0.6 is 11.8 Å². The summed E-state index contributed by atoms with van der Waals surface area (Å²) in [7, 11) is 0. The van der Waals surface area contributed by atoms with Crippen molar-refractivity contribution in [3.05, 3.63) is 29.3 Å². The van der Waals surface area contributed by atoms with Crippen LogP contribution in [0.15, 0.2) is 22.3 Å². The van der Waals surface area contributed by atoms with E-state index >= 15 is 0 Å². The van der Waals surface area contributed by atoms with Gasteiger partial charge in [-0.3, -0.25) is 9.59 Å². The molecule has 2 N–H and O–H groups in total. The maximum absolute atomic E-state index is 13.6. The van der Waals surface area contributed by atoms with Gasteiger partial charge in [0, 0.05) is 5.56 Å². The van der Waals surface area contributed by atoms with E-state index in [-0.39, 0.29) is 29.5 Å². The SMILES string of the molecule is CCCOc1cc(C=NN=C2NC(=O)C(CC(=O)O)S2)cc(F)c1F. The van der Waals surface area contributed by atoms with Crippen molar-refractivity contribution < 1.29 is 28.2 Å². The number of amidine groups is 1. The Morgan fingerprint density at radius 3 is 2.92 bits per heavy atom. The molecular formula is C15H15F2N3O4S. The Bertz CT molecular complexity index is 740. The second kappa shape index (κ2) is 8.56. The van der Waals surface area contributed by atoms with E-state index in [0.29, 0.717) is 6.42 Å². The number of ether oxygens (including phenoxy) is 1. The van der Waals surface area contributed by atoms with Crippen molar-refractivity contribution in [1.29, 1.82) is 0 Å². The topological polar surface area (TPSA) is 100 Å². The number of halogens is 2. The molecule has 1 saturated heterocycles. The van der Waals surface area contributed by atoms with Crippen LogP contribution in [0.1, 0.15) is 25.3 Å². The number of carbonyl (C=O) groups is 2. The first-order valence-corrected chi connectivity index (χ1v) is 8.20. The third-order valence-corrected chi connectivity index (χ3v) is 4.04. The highest BCUT2D eigenvalue weighted by atomic mass is 32.2. The van der Waals surface area contributed by atoms with E-state index in [1.807, 2.05) is 6.92 Å². The maximum Gasteiger partial charge on any atom is 0.305 e.